The first-order valence-electron chi connectivity index (χ1n) is 13.5. The van der Waals surface area contributed by atoms with Gasteiger partial charge in [0.2, 0.25) is 0 Å². The van der Waals surface area contributed by atoms with Gasteiger partial charge in [-0.25, -0.2) is 9.50 Å². The summed E-state index contributed by atoms with van der Waals surface area (Å²) in [7, 11) is 0. The molecule has 8 heteroatoms. The van der Waals surface area contributed by atoms with E-state index in [1.54, 1.807) is 0 Å². The number of nitrogens with one attached hydrogen (secondary N) is 2. The van der Waals surface area contributed by atoms with E-state index >= 15 is 0 Å². The van der Waals surface area contributed by atoms with Crippen molar-refractivity contribution in [1.82, 2.24) is 40.0 Å². The van der Waals surface area contributed by atoms with E-state index in [9.17, 15) is 0 Å². The number of pyridine rings is 1. The van der Waals surface area contributed by atoms with Gasteiger partial charge in [-0.15, -0.1) is 0 Å². The molecule has 4 aromatic heterocycles. The quantitative estimate of drug-likeness (QED) is 0.388. The minimum absolute atomic E-state index is 0.488. The highest BCUT2D eigenvalue weighted by Crippen LogP contribution is 2.41. The van der Waals surface area contributed by atoms with Crippen LogP contribution in [-0.4, -0.2) is 65.9 Å². The number of benzene rings is 1. The van der Waals surface area contributed by atoms with Crippen molar-refractivity contribution in [1.29, 1.82) is 0 Å². The van der Waals surface area contributed by atoms with Crippen LogP contribution < -0.4 is 5.32 Å². The first-order chi connectivity index (χ1) is 18.3. The van der Waals surface area contributed by atoms with Crippen LogP contribution >= 0.6 is 0 Å². The number of hydrogen-bond donors (Lipinski definition) is 2. The molecule has 1 saturated carbocycles. The van der Waals surface area contributed by atoms with Crippen molar-refractivity contribution < 1.29 is 0 Å². The molecule has 6 heterocycles. The molecular weight excluding hydrogens is 460 g/mol. The molecule has 2 saturated heterocycles. The number of fused-ring (bicyclic) bond motifs is 4. The van der Waals surface area contributed by atoms with Crippen molar-refractivity contribution in [2.75, 3.05) is 13.1 Å². The van der Waals surface area contributed by atoms with Crippen molar-refractivity contribution in [2.24, 2.45) is 0 Å². The summed E-state index contributed by atoms with van der Waals surface area (Å²) in [6.45, 7) is 2.41. The Morgan fingerprint density at radius 3 is 2.62 bits per heavy atom. The standard InChI is InChI=1S/C29H30N8/c1-2-23(24-16-33-34-25(24)3-1)27-28(19-8-11-30-12-9-19)35-37-26(10-13-31-29(27)37)18-4-6-21(7-5-18)36-17-20-14-22(36)15-32-20/h1-3,8-13,16,18,20-22,32H,4-7,14-15,17H2,(H,33,34)/t18?,20-,21?,22-/m0/s1. The van der Waals surface area contributed by atoms with E-state index in [0.29, 0.717) is 5.92 Å². The maximum absolute atomic E-state index is 5.23. The van der Waals surface area contributed by atoms with E-state index in [1.807, 2.05) is 36.9 Å². The molecule has 8 rings (SSSR count). The van der Waals surface area contributed by atoms with E-state index in [1.165, 1.54) is 50.9 Å². The summed E-state index contributed by atoms with van der Waals surface area (Å²) in [5, 5.41) is 17.4. The van der Waals surface area contributed by atoms with Gasteiger partial charge in [-0.2, -0.15) is 10.2 Å². The van der Waals surface area contributed by atoms with Gasteiger partial charge in [-0.3, -0.25) is 15.0 Å². The van der Waals surface area contributed by atoms with Gasteiger partial charge in [0.05, 0.1) is 17.3 Å². The number of piperazine rings is 1. The fourth-order valence-corrected chi connectivity index (χ4v) is 7.16. The first-order valence-corrected chi connectivity index (χ1v) is 13.5. The number of aromatic amines is 1. The summed E-state index contributed by atoms with van der Waals surface area (Å²) in [5.74, 6) is 0.488. The van der Waals surface area contributed by atoms with Crippen LogP contribution in [0, 0.1) is 0 Å². The number of aromatic nitrogens is 6. The molecule has 8 nitrogen and oxygen atoms in total. The van der Waals surface area contributed by atoms with Crippen molar-refractivity contribution >= 4 is 16.6 Å². The SMILES string of the molecule is c1cc(-c2c(-c3ccncc3)nn3c(C4CCC(N5C[C@@H]6C[C@H]5CN6)CC4)ccnc23)c2cn[nH]c2c1. The molecular formula is C29H30N8. The van der Waals surface area contributed by atoms with Crippen LogP contribution in [0.2, 0.25) is 0 Å². The summed E-state index contributed by atoms with van der Waals surface area (Å²) >= 11 is 0. The highest BCUT2D eigenvalue weighted by atomic mass is 15.3. The first kappa shape index (κ1) is 21.5. The third-order valence-corrected chi connectivity index (χ3v) is 8.94. The lowest BCUT2D eigenvalue weighted by molar-refractivity contribution is 0.120. The number of nitrogens with zero attached hydrogens (tertiary/aromatic N) is 6. The van der Waals surface area contributed by atoms with Crippen molar-refractivity contribution in [3.63, 3.8) is 0 Å². The molecule has 0 unspecified atom stereocenters. The smallest absolute Gasteiger partial charge is 0.163 e. The molecule has 1 aromatic carbocycles. The Hall–Kier alpha value is -3.62. The van der Waals surface area contributed by atoms with Crippen LogP contribution in [0.5, 0.6) is 0 Å². The zero-order valence-corrected chi connectivity index (χ0v) is 20.7. The molecule has 2 N–H and O–H groups in total. The van der Waals surface area contributed by atoms with Gasteiger partial charge in [0, 0.05) is 72.4 Å². The highest BCUT2D eigenvalue weighted by molar-refractivity contribution is 6.02. The van der Waals surface area contributed by atoms with Gasteiger partial charge in [0.1, 0.15) is 5.69 Å². The molecule has 186 valence electrons. The molecule has 0 spiro atoms. The lowest BCUT2D eigenvalue weighted by Crippen LogP contribution is -2.49. The van der Waals surface area contributed by atoms with Crippen LogP contribution in [0.3, 0.4) is 0 Å². The molecule has 0 radical (unpaired) electrons. The second kappa shape index (κ2) is 8.46. The Morgan fingerprint density at radius 1 is 0.919 bits per heavy atom. The van der Waals surface area contributed by atoms with E-state index in [-0.39, 0.29) is 0 Å². The van der Waals surface area contributed by atoms with E-state index in [4.69, 9.17) is 10.1 Å². The third kappa shape index (κ3) is 3.43. The number of H-pyrrole nitrogens is 1. The minimum atomic E-state index is 0.488. The van der Waals surface area contributed by atoms with Crippen LogP contribution in [0.25, 0.3) is 38.9 Å². The van der Waals surface area contributed by atoms with Crippen molar-refractivity contribution in [2.45, 2.75) is 56.1 Å². The highest BCUT2D eigenvalue weighted by Gasteiger charge is 2.42. The second-order valence-electron chi connectivity index (χ2n) is 10.9. The number of hydrogen-bond acceptors (Lipinski definition) is 6. The Kier molecular flexibility index (Phi) is 4.91. The maximum atomic E-state index is 5.23. The van der Waals surface area contributed by atoms with Gasteiger partial charge >= 0.3 is 0 Å². The average molecular weight is 491 g/mol. The zero-order valence-electron chi connectivity index (χ0n) is 20.7. The second-order valence-corrected chi connectivity index (χ2v) is 10.9. The van der Waals surface area contributed by atoms with E-state index in [0.717, 1.165) is 57.1 Å². The van der Waals surface area contributed by atoms with E-state index in [2.05, 4.69) is 54.2 Å². The minimum Gasteiger partial charge on any atom is -0.311 e. The largest absolute Gasteiger partial charge is 0.311 e. The summed E-state index contributed by atoms with van der Waals surface area (Å²) < 4.78 is 2.12. The molecule has 5 aromatic rings. The molecule has 2 bridgehead atoms. The Labute approximate surface area is 215 Å². The van der Waals surface area contributed by atoms with Gasteiger partial charge < -0.3 is 5.32 Å². The monoisotopic (exact) mass is 490 g/mol. The molecule has 37 heavy (non-hydrogen) atoms. The zero-order chi connectivity index (χ0) is 24.3. The Bertz CT molecular complexity index is 1580. The molecule has 2 aliphatic heterocycles. The van der Waals surface area contributed by atoms with Gasteiger partial charge in [-0.1, -0.05) is 12.1 Å². The van der Waals surface area contributed by atoms with Crippen molar-refractivity contribution in [3.05, 3.63) is 66.9 Å². The summed E-state index contributed by atoms with van der Waals surface area (Å²) in [4.78, 5) is 11.9. The maximum Gasteiger partial charge on any atom is 0.163 e. The van der Waals surface area contributed by atoms with Crippen LogP contribution in [0.4, 0.5) is 0 Å². The number of rotatable bonds is 4. The van der Waals surface area contributed by atoms with Crippen LogP contribution in [0.1, 0.15) is 43.7 Å². The van der Waals surface area contributed by atoms with Crippen molar-refractivity contribution in [3.8, 4) is 22.4 Å². The Morgan fingerprint density at radius 2 is 1.81 bits per heavy atom. The molecule has 3 fully saturated rings. The fourth-order valence-electron chi connectivity index (χ4n) is 7.16. The van der Waals surface area contributed by atoms with Gasteiger partial charge in [0.15, 0.2) is 5.65 Å². The van der Waals surface area contributed by atoms with E-state index < -0.39 is 0 Å². The molecule has 3 aliphatic rings. The van der Waals surface area contributed by atoms with Crippen LogP contribution in [0.15, 0.2) is 61.2 Å². The lowest BCUT2D eigenvalue weighted by Gasteiger charge is -2.39. The topological polar surface area (TPSA) is 87.0 Å². The molecule has 2 atom stereocenters. The van der Waals surface area contributed by atoms with Gasteiger partial charge in [0.25, 0.3) is 0 Å². The van der Waals surface area contributed by atoms with Gasteiger partial charge in [-0.05, 0) is 61.9 Å². The summed E-state index contributed by atoms with van der Waals surface area (Å²) in [5.41, 5.74) is 7.32. The predicted octanol–water partition coefficient (Wildman–Crippen LogP) is 4.41. The van der Waals surface area contributed by atoms with Crippen LogP contribution in [-0.2, 0) is 0 Å². The summed E-state index contributed by atoms with van der Waals surface area (Å²) in [6, 6.07) is 14.7. The predicted molar refractivity (Wildman–Crippen MR) is 143 cm³/mol. The molecule has 0 amide bonds. The normalized spacial score (nSPS) is 25.9. The Balaban J connectivity index is 1.21. The fraction of sp³-hybridized carbons (Fsp3) is 0.379. The summed E-state index contributed by atoms with van der Waals surface area (Å²) in [6.07, 6.45) is 13.8. The average Bonchev–Trinajstić information content (AvgIpc) is 3.76. The number of likely N-dealkylation sites (tertiary alicyclic amines) is 1. The lowest BCUT2D eigenvalue weighted by atomic mass is 9.83. The molecule has 1 aliphatic carbocycles. The third-order valence-electron chi connectivity index (χ3n) is 8.94.